The second-order valence-corrected chi connectivity index (χ2v) is 3.88. The first-order valence-electron chi connectivity index (χ1n) is 5.30. The van der Waals surface area contributed by atoms with Crippen molar-refractivity contribution in [1.29, 1.82) is 0 Å². The molecule has 0 amide bonds. The Kier molecular flexibility index (Phi) is 3.10. The number of nitrogens with zero attached hydrogens (tertiary/aromatic N) is 2. The zero-order chi connectivity index (χ0) is 13.3. The standard InChI is InChI=1S/C12H12F2N4/c1-6-11(15)16-7(2)17-12(6)18-10-4-3-8(13)5-9(10)14/h3-5H,1-2H3,(H3,15,16,17,18). The van der Waals surface area contributed by atoms with Crippen molar-refractivity contribution in [3.05, 3.63) is 41.2 Å². The van der Waals surface area contributed by atoms with Crippen LogP contribution in [0.4, 0.5) is 26.1 Å². The van der Waals surface area contributed by atoms with Crippen molar-refractivity contribution < 1.29 is 8.78 Å². The predicted molar refractivity (Wildman–Crippen MR) is 65.6 cm³/mol. The molecule has 0 aliphatic rings. The SMILES string of the molecule is Cc1nc(N)c(C)c(Nc2ccc(F)cc2F)n1. The fourth-order valence-electron chi connectivity index (χ4n) is 1.49. The van der Waals surface area contributed by atoms with Crippen LogP contribution in [0.25, 0.3) is 0 Å². The molecule has 3 N–H and O–H groups in total. The van der Waals surface area contributed by atoms with Crippen LogP contribution in [-0.4, -0.2) is 9.97 Å². The van der Waals surface area contributed by atoms with E-state index in [4.69, 9.17) is 5.73 Å². The van der Waals surface area contributed by atoms with Crippen LogP contribution in [0.1, 0.15) is 11.4 Å². The minimum absolute atomic E-state index is 0.136. The molecule has 0 unspecified atom stereocenters. The van der Waals surface area contributed by atoms with Gasteiger partial charge < -0.3 is 11.1 Å². The molecule has 0 fully saturated rings. The fourth-order valence-corrected chi connectivity index (χ4v) is 1.49. The van der Waals surface area contributed by atoms with E-state index in [-0.39, 0.29) is 5.69 Å². The lowest BCUT2D eigenvalue weighted by Crippen LogP contribution is -2.05. The molecule has 1 aromatic carbocycles. The minimum Gasteiger partial charge on any atom is -0.383 e. The van der Waals surface area contributed by atoms with Crippen molar-refractivity contribution in [3.8, 4) is 0 Å². The van der Waals surface area contributed by atoms with E-state index in [2.05, 4.69) is 15.3 Å². The molecule has 6 heteroatoms. The number of nitrogens with two attached hydrogens (primary N) is 1. The average molecular weight is 250 g/mol. The average Bonchev–Trinajstić information content (AvgIpc) is 2.29. The first-order chi connectivity index (χ1) is 8.47. The number of anilines is 3. The van der Waals surface area contributed by atoms with Gasteiger partial charge in [0.05, 0.1) is 5.69 Å². The number of aryl methyl sites for hydroxylation is 1. The molecule has 94 valence electrons. The van der Waals surface area contributed by atoms with Gasteiger partial charge in [0.2, 0.25) is 0 Å². The second-order valence-electron chi connectivity index (χ2n) is 3.88. The highest BCUT2D eigenvalue weighted by Crippen LogP contribution is 2.23. The number of hydrogen-bond donors (Lipinski definition) is 2. The largest absolute Gasteiger partial charge is 0.383 e. The van der Waals surface area contributed by atoms with Crippen molar-refractivity contribution in [2.24, 2.45) is 0 Å². The molecular weight excluding hydrogens is 238 g/mol. The van der Waals surface area contributed by atoms with E-state index < -0.39 is 11.6 Å². The maximum absolute atomic E-state index is 13.5. The highest BCUT2D eigenvalue weighted by molar-refractivity contribution is 5.63. The molecule has 1 heterocycles. The number of rotatable bonds is 2. The smallest absolute Gasteiger partial charge is 0.149 e. The molecule has 18 heavy (non-hydrogen) atoms. The summed E-state index contributed by atoms with van der Waals surface area (Å²) in [5, 5.41) is 2.78. The Bertz CT molecular complexity index is 599. The Morgan fingerprint density at radius 3 is 2.56 bits per heavy atom. The summed E-state index contributed by atoms with van der Waals surface area (Å²) in [7, 11) is 0. The van der Waals surface area contributed by atoms with Crippen LogP contribution in [0.3, 0.4) is 0 Å². The molecule has 0 bridgehead atoms. The van der Waals surface area contributed by atoms with Gasteiger partial charge in [-0.05, 0) is 26.0 Å². The maximum Gasteiger partial charge on any atom is 0.149 e. The lowest BCUT2D eigenvalue weighted by atomic mass is 10.2. The highest BCUT2D eigenvalue weighted by atomic mass is 19.1. The first-order valence-corrected chi connectivity index (χ1v) is 5.30. The van der Waals surface area contributed by atoms with E-state index in [0.717, 1.165) is 12.1 Å². The van der Waals surface area contributed by atoms with Gasteiger partial charge in [-0.3, -0.25) is 0 Å². The van der Waals surface area contributed by atoms with Gasteiger partial charge in [0.15, 0.2) is 0 Å². The molecule has 0 spiro atoms. The van der Waals surface area contributed by atoms with E-state index in [9.17, 15) is 8.78 Å². The Hall–Kier alpha value is -2.24. The van der Waals surface area contributed by atoms with Gasteiger partial charge in [-0.15, -0.1) is 0 Å². The van der Waals surface area contributed by atoms with E-state index in [1.54, 1.807) is 13.8 Å². The number of nitrogens with one attached hydrogen (secondary N) is 1. The summed E-state index contributed by atoms with van der Waals surface area (Å²) in [6, 6.07) is 3.27. The number of aromatic nitrogens is 2. The maximum atomic E-state index is 13.5. The molecule has 2 aromatic rings. The van der Waals surface area contributed by atoms with Gasteiger partial charge in [0.25, 0.3) is 0 Å². The summed E-state index contributed by atoms with van der Waals surface area (Å²) in [5.74, 6) is -0.112. The molecule has 1 aromatic heterocycles. The number of halogens is 2. The van der Waals surface area contributed by atoms with Crippen molar-refractivity contribution in [2.75, 3.05) is 11.1 Å². The van der Waals surface area contributed by atoms with Crippen molar-refractivity contribution >= 4 is 17.3 Å². The Balaban J connectivity index is 2.40. The summed E-state index contributed by atoms with van der Waals surface area (Å²) in [6.45, 7) is 3.40. The third-order valence-electron chi connectivity index (χ3n) is 2.48. The summed E-state index contributed by atoms with van der Waals surface area (Å²) in [5.41, 5.74) is 6.44. The van der Waals surface area contributed by atoms with Crippen LogP contribution in [-0.2, 0) is 0 Å². The van der Waals surface area contributed by atoms with Gasteiger partial charge in [-0.1, -0.05) is 0 Å². The van der Waals surface area contributed by atoms with Crippen LogP contribution in [0.5, 0.6) is 0 Å². The summed E-state index contributed by atoms with van der Waals surface area (Å²) >= 11 is 0. The number of benzene rings is 1. The van der Waals surface area contributed by atoms with E-state index in [1.807, 2.05) is 0 Å². The molecule has 0 radical (unpaired) electrons. The third kappa shape index (κ3) is 2.37. The highest BCUT2D eigenvalue weighted by Gasteiger charge is 2.09. The van der Waals surface area contributed by atoms with Gasteiger partial charge >= 0.3 is 0 Å². The van der Waals surface area contributed by atoms with Gasteiger partial charge in [-0.25, -0.2) is 18.7 Å². The van der Waals surface area contributed by atoms with Crippen LogP contribution in [0, 0.1) is 25.5 Å². The van der Waals surface area contributed by atoms with E-state index >= 15 is 0 Å². The lowest BCUT2D eigenvalue weighted by Gasteiger charge is -2.11. The topological polar surface area (TPSA) is 63.8 Å². The Morgan fingerprint density at radius 1 is 1.17 bits per heavy atom. The first kappa shape index (κ1) is 12.2. The normalized spacial score (nSPS) is 10.4. The summed E-state index contributed by atoms with van der Waals surface area (Å²) in [4.78, 5) is 8.11. The second kappa shape index (κ2) is 4.56. The molecule has 0 atom stereocenters. The molecule has 4 nitrogen and oxygen atoms in total. The zero-order valence-corrected chi connectivity index (χ0v) is 9.96. The molecule has 0 saturated carbocycles. The summed E-state index contributed by atoms with van der Waals surface area (Å²) in [6.07, 6.45) is 0. The van der Waals surface area contributed by atoms with Gasteiger partial charge in [0.1, 0.15) is 29.1 Å². The van der Waals surface area contributed by atoms with E-state index in [0.29, 0.717) is 23.0 Å². The molecular formula is C12H12F2N4. The van der Waals surface area contributed by atoms with Crippen LogP contribution in [0.2, 0.25) is 0 Å². The van der Waals surface area contributed by atoms with Gasteiger partial charge in [0, 0.05) is 11.6 Å². The molecule has 0 saturated heterocycles. The lowest BCUT2D eigenvalue weighted by molar-refractivity contribution is 0.586. The Morgan fingerprint density at radius 2 is 1.89 bits per heavy atom. The molecule has 0 aliphatic heterocycles. The van der Waals surface area contributed by atoms with Crippen LogP contribution >= 0.6 is 0 Å². The third-order valence-corrected chi connectivity index (χ3v) is 2.48. The zero-order valence-electron chi connectivity index (χ0n) is 9.96. The Labute approximate surface area is 103 Å². The van der Waals surface area contributed by atoms with Crippen molar-refractivity contribution in [2.45, 2.75) is 13.8 Å². The fraction of sp³-hybridized carbons (Fsp3) is 0.167. The van der Waals surface area contributed by atoms with E-state index in [1.165, 1.54) is 6.07 Å². The molecule has 0 aliphatic carbocycles. The number of nitrogen functional groups attached to an aromatic ring is 1. The van der Waals surface area contributed by atoms with Gasteiger partial charge in [-0.2, -0.15) is 0 Å². The molecule has 2 rings (SSSR count). The predicted octanol–water partition coefficient (Wildman–Crippen LogP) is 2.70. The summed E-state index contributed by atoms with van der Waals surface area (Å²) < 4.78 is 26.3. The van der Waals surface area contributed by atoms with Crippen molar-refractivity contribution in [3.63, 3.8) is 0 Å². The van der Waals surface area contributed by atoms with Crippen LogP contribution in [0.15, 0.2) is 18.2 Å². The van der Waals surface area contributed by atoms with Crippen molar-refractivity contribution in [1.82, 2.24) is 9.97 Å². The number of hydrogen-bond acceptors (Lipinski definition) is 4. The minimum atomic E-state index is -0.691. The quantitative estimate of drug-likeness (QED) is 0.860. The van der Waals surface area contributed by atoms with Crippen LogP contribution < -0.4 is 11.1 Å². The monoisotopic (exact) mass is 250 g/mol.